The summed E-state index contributed by atoms with van der Waals surface area (Å²) in [5.74, 6) is 0.194. The van der Waals surface area contributed by atoms with Crippen LogP contribution >= 0.6 is 0 Å². The zero-order chi connectivity index (χ0) is 20.0. The lowest BCUT2D eigenvalue weighted by Gasteiger charge is -2.19. The highest BCUT2D eigenvalue weighted by atomic mass is 16.5. The molecule has 144 valence electrons. The van der Waals surface area contributed by atoms with Gasteiger partial charge in [-0.05, 0) is 69.0 Å². The monoisotopic (exact) mass is 368 g/mol. The molecule has 0 aliphatic carbocycles. The van der Waals surface area contributed by atoms with Gasteiger partial charge in [0.25, 0.3) is 11.8 Å². The lowest BCUT2D eigenvalue weighted by Crippen LogP contribution is -2.32. The number of rotatable bonds is 7. The summed E-state index contributed by atoms with van der Waals surface area (Å²) in [5.41, 5.74) is 4.13. The first kappa shape index (κ1) is 20.5. The number of carbonyl (C=O) groups is 2. The first-order valence-corrected chi connectivity index (χ1v) is 9.26. The van der Waals surface area contributed by atoms with Gasteiger partial charge >= 0.3 is 0 Å². The smallest absolute Gasteiger partial charge is 0.265 e. The van der Waals surface area contributed by atoms with Crippen molar-refractivity contribution in [3.8, 4) is 5.75 Å². The molecule has 0 spiro atoms. The Labute approximate surface area is 161 Å². The molecule has 0 aliphatic rings. The van der Waals surface area contributed by atoms with Crippen molar-refractivity contribution >= 4 is 17.5 Å². The van der Waals surface area contributed by atoms with Gasteiger partial charge in [0.15, 0.2) is 6.10 Å². The average Bonchev–Trinajstić information content (AvgIpc) is 2.64. The summed E-state index contributed by atoms with van der Waals surface area (Å²) in [5, 5.41) is 5.64. The Bertz CT molecular complexity index is 830. The summed E-state index contributed by atoms with van der Waals surface area (Å²) in [6, 6.07) is 11.0. The van der Waals surface area contributed by atoms with E-state index >= 15 is 0 Å². The fourth-order valence-electron chi connectivity index (χ4n) is 2.73. The Hall–Kier alpha value is -2.82. The molecule has 0 aliphatic heterocycles. The minimum atomic E-state index is -0.698. The zero-order valence-corrected chi connectivity index (χ0v) is 16.7. The van der Waals surface area contributed by atoms with Crippen LogP contribution in [0.5, 0.6) is 5.75 Å². The van der Waals surface area contributed by atoms with Gasteiger partial charge in [0.05, 0.1) is 11.3 Å². The standard InChI is InChI=1S/C22H28N2O3/c1-6-11-23-22(26)18-9-7-8-10-19(18)24-21(25)17(5)27-20-13-14(2)12-15(3)16(20)4/h7-10,12-13,17H,6,11H2,1-5H3,(H,23,26)(H,24,25). The molecule has 2 aromatic rings. The molecule has 1 unspecified atom stereocenters. The van der Waals surface area contributed by atoms with E-state index in [0.717, 1.165) is 23.1 Å². The Morgan fingerprint density at radius 3 is 2.52 bits per heavy atom. The Balaban J connectivity index is 2.12. The van der Waals surface area contributed by atoms with E-state index in [1.807, 2.05) is 33.8 Å². The van der Waals surface area contributed by atoms with Gasteiger partial charge in [-0.25, -0.2) is 0 Å². The van der Waals surface area contributed by atoms with Crippen LogP contribution in [0.1, 0.15) is 47.3 Å². The summed E-state index contributed by atoms with van der Waals surface area (Å²) in [7, 11) is 0. The lowest BCUT2D eigenvalue weighted by atomic mass is 10.1. The molecule has 0 saturated carbocycles. The summed E-state index contributed by atoms with van der Waals surface area (Å²) in [6.07, 6.45) is 0.150. The average molecular weight is 368 g/mol. The van der Waals surface area contributed by atoms with Crippen molar-refractivity contribution in [1.29, 1.82) is 0 Å². The first-order valence-electron chi connectivity index (χ1n) is 9.26. The van der Waals surface area contributed by atoms with Gasteiger partial charge in [-0.3, -0.25) is 9.59 Å². The number of anilines is 1. The predicted octanol–water partition coefficient (Wildman–Crippen LogP) is 4.16. The molecule has 5 heteroatoms. The van der Waals surface area contributed by atoms with Gasteiger partial charge < -0.3 is 15.4 Å². The number of carbonyl (C=O) groups excluding carboxylic acids is 2. The molecule has 2 N–H and O–H groups in total. The molecule has 0 fully saturated rings. The van der Waals surface area contributed by atoms with Gasteiger partial charge in [0, 0.05) is 6.54 Å². The molecule has 0 saturated heterocycles. The van der Waals surface area contributed by atoms with Crippen molar-refractivity contribution in [2.45, 2.75) is 47.1 Å². The van der Waals surface area contributed by atoms with E-state index in [4.69, 9.17) is 4.74 Å². The van der Waals surface area contributed by atoms with E-state index in [1.165, 1.54) is 0 Å². The number of amides is 2. The van der Waals surface area contributed by atoms with Gasteiger partial charge in [-0.2, -0.15) is 0 Å². The number of ether oxygens (including phenoxy) is 1. The minimum absolute atomic E-state index is 0.202. The maximum atomic E-state index is 12.6. The van der Waals surface area contributed by atoms with E-state index in [2.05, 4.69) is 16.7 Å². The fourth-order valence-corrected chi connectivity index (χ4v) is 2.73. The number of para-hydroxylation sites is 1. The van der Waals surface area contributed by atoms with Crippen LogP contribution in [0.25, 0.3) is 0 Å². The predicted molar refractivity (Wildman–Crippen MR) is 108 cm³/mol. The van der Waals surface area contributed by atoms with E-state index < -0.39 is 6.10 Å². The molecule has 0 radical (unpaired) electrons. The van der Waals surface area contributed by atoms with Gasteiger partial charge in [0.2, 0.25) is 0 Å². The SMILES string of the molecule is CCCNC(=O)c1ccccc1NC(=O)C(C)Oc1cc(C)cc(C)c1C. The molecule has 2 aromatic carbocycles. The highest BCUT2D eigenvalue weighted by Gasteiger charge is 2.19. The van der Waals surface area contributed by atoms with Crippen LogP contribution in [0.15, 0.2) is 36.4 Å². The van der Waals surface area contributed by atoms with E-state index in [0.29, 0.717) is 23.5 Å². The van der Waals surface area contributed by atoms with Crippen LogP contribution in [0.2, 0.25) is 0 Å². The summed E-state index contributed by atoms with van der Waals surface area (Å²) in [6.45, 7) is 10.3. The van der Waals surface area contributed by atoms with Gasteiger partial charge in [-0.1, -0.05) is 25.1 Å². The van der Waals surface area contributed by atoms with E-state index in [-0.39, 0.29) is 11.8 Å². The number of nitrogens with one attached hydrogen (secondary N) is 2. The molecule has 2 amide bonds. The topological polar surface area (TPSA) is 67.4 Å². The summed E-state index contributed by atoms with van der Waals surface area (Å²) in [4.78, 5) is 24.9. The van der Waals surface area contributed by atoms with Crippen molar-refractivity contribution in [1.82, 2.24) is 5.32 Å². The highest BCUT2D eigenvalue weighted by Crippen LogP contribution is 2.25. The first-order chi connectivity index (χ1) is 12.8. The van der Waals surface area contributed by atoms with Crippen LogP contribution in [0.4, 0.5) is 5.69 Å². The largest absolute Gasteiger partial charge is 0.481 e. The minimum Gasteiger partial charge on any atom is -0.481 e. The van der Waals surface area contributed by atoms with E-state index in [1.54, 1.807) is 31.2 Å². The second-order valence-electron chi connectivity index (χ2n) is 6.76. The molecule has 5 nitrogen and oxygen atoms in total. The summed E-state index contributed by atoms with van der Waals surface area (Å²) >= 11 is 0. The van der Waals surface area contributed by atoms with Crippen molar-refractivity contribution in [3.05, 3.63) is 58.7 Å². The summed E-state index contributed by atoms with van der Waals surface area (Å²) < 4.78 is 5.89. The molecule has 27 heavy (non-hydrogen) atoms. The van der Waals surface area contributed by atoms with Crippen molar-refractivity contribution in [3.63, 3.8) is 0 Å². The molecule has 0 aromatic heterocycles. The Morgan fingerprint density at radius 1 is 1.11 bits per heavy atom. The molecule has 1 atom stereocenters. The van der Waals surface area contributed by atoms with Crippen LogP contribution in [0.3, 0.4) is 0 Å². The van der Waals surface area contributed by atoms with Crippen LogP contribution < -0.4 is 15.4 Å². The third kappa shape index (κ3) is 5.33. The third-order valence-corrected chi connectivity index (χ3v) is 4.40. The molecular formula is C22H28N2O3. The zero-order valence-electron chi connectivity index (χ0n) is 16.7. The maximum absolute atomic E-state index is 12.6. The molecule has 2 rings (SSSR count). The third-order valence-electron chi connectivity index (χ3n) is 4.40. The van der Waals surface area contributed by atoms with Crippen LogP contribution in [-0.2, 0) is 4.79 Å². The highest BCUT2D eigenvalue weighted by molar-refractivity contribution is 6.04. The maximum Gasteiger partial charge on any atom is 0.265 e. The molecular weight excluding hydrogens is 340 g/mol. The van der Waals surface area contributed by atoms with Crippen molar-refractivity contribution < 1.29 is 14.3 Å². The Morgan fingerprint density at radius 2 is 1.81 bits per heavy atom. The van der Waals surface area contributed by atoms with Gasteiger partial charge in [0.1, 0.15) is 5.75 Å². The van der Waals surface area contributed by atoms with Gasteiger partial charge in [-0.15, -0.1) is 0 Å². The number of benzene rings is 2. The van der Waals surface area contributed by atoms with Crippen molar-refractivity contribution in [2.24, 2.45) is 0 Å². The number of hydrogen-bond acceptors (Lipinski definition) is 3. The van der Waals surface area contributed by atoms with E-state index in [9.17, 15) is 9.59 Å². The Kier molecular flexibility index (Phi) is 6.99. The van der Waals surface area contributed by atoms with Crippen molar-refractivity contribution in [2.75, 3.05) is 11.9 Å². The lowest BCUT2D eigenvalue weighted by molar-refractivity contribution is -0.122. The number of aryl methyl sites for hydroxylation is 2. The second-order valence-corrected chi connectivity index (χ2v) is 6.76. The quantitative estimate of drug-likeness (QED) is 0.771. The molecule has 0 bridgehead atoms. The fraction of sp³-hybridized carbons (Fsp3) is 0.364. The van der Waals surface area contributed by atoms with Crippen LogP contribution in [0, 0.1) is 20.8 Å². The normalized spacial score (nSPS) is 11.6. The number of hydrogen-bond donors (Lipinski definition) is 2. The van der Waals surface area contributed by atoms with Crippen LogP contribution in [-0.4, -0.2) is 24.5 Å². The second kappa shape index (κ2) is 9.21. The molecule has 0 heterocycles.